The molecule has 0 unspecified atom stereocenters. The highest BCUT2D eigenvalue weighted by molar-refractivity contribution is 5.94. The summed E-state index contributed by atoms with van der Waals surface area (Å²) in [7, 11) is 1.63. The van der Waals surface area contributed by atoms with Crippen LogP contribution in [-0.2, 0) is 4.79 Å². The molecular formula is C21H30N2O4. The summed E-state index contributed by atoms with van der Waals surface area (Å²) in [5, 5.41) is 9.05. The Morgan fingerprint density at radius 2 is 2.00 bits per heavy atom. The molecule has 6 heteroatoms. The van der Waals surface area contributed by atoms with E-state index in [4.69, 9.17) is 9.84 Å². The van der Waals surface area contributed by atoms with E-state index < -0.39 is 0 Å². The van der Waals surface area contributed by atoms with Gasteiger partial charge in [-0.25, -0.2) is 0 Å². The van der Waals surface area contributed by atoms with Gasteiger partial charge in [0.1, 0.15) is 5.75 Å². The number of nitrogens with zero attached hydrogens (tertiary/aromatic N) is 2. The highest BCUT2D eigenvalue weighted by Gasteiger charge is 2.41. The smallest absolute Gasteiger partial charge is 0.253 e. The molecule has 0 bridgehead atoms. The number of piperidine rings is 2. The van der Waals surface area contributed by atoms with Crippen molar-refractivity contribution in [2.45, 2.75) is 39.0 Å². The number of hydrogen-bond acceptors (Lipinski definition) is 4. The topological polar surface area (TPSA) is 70.1 Å². The minimum absolute atomic E-state index is 0.0691. The molecule has 2 saturated heterocycles. The quantitative estimate of drug-likeness (QED) is 0.858. The number of likely N-dealkylation sites (tertiary alicyclic amines) is 2. The van der Waals surface area contributed by atoms with Gasteiger partial charge < -0.3 is 19.6 Å². The number of amides is 2. The molecule has 2 heterocycles. The number of benzene rings is 1. The Balaban J connectivity index is 1.62. The molecule has 1 aromatic carbocycles. The van der Waals surface area contributed by atoms with E-state index in [0.717, 1.165) is 50.2 Å². The zero-order chi connectivity index (χ0) is 19.4. The van der Waals surface area contributed by atoms with Crippen LogP contribution in [0.4, 0.5) is 0 Å². The van der Waals surface area contributed by atoms with Gasteiger partial charge in [-0.15, -0.1) is 0 Å². The lowest BCUT2D eigenvalue weighted by atomic mass is 9.72. The summed E-state index contributed by atoms with van der Waals surface area (Å²) in [5.74, 6) is 1.06. The maximum atomic E-state index is 12.9. The van der Waals surface area contributed by atoms with Crippen LogP contribution in [-0.4, -0.2) is 66.6 Å². The molecule has 1 N–H and O–H groups in total. The largest absolute Gasteiger partial charge is 0.496 e. The number of aliphatic hydroxyl groups is 1. The number of rotatable bonds is 5. The van der Waals surface area contributed by atoms with E-state index in [0.29, 0.717) is 24.9 Å². The first kappa shape index (κ1) is 19.7. The highest BCUT2D eigenvalue weighted by atomic mass is 16.5. The lowest BCUT2D eigenvalue weighted by Crippen LogP contribution is -2.52. The van der Waals surface area contributed by atoms with Gasteiger partial charge in [0, 0.05) is 44.8 Å². The first-order chi connectivity index (χ1) is 13.0. The van der Waals surface area contributed by atoms with Crippen molar-refractivity contribution < 1.29 is 19.4 Å². The van der Waals surface area contributed by atoms with E-state index in [2.05, 4.69) is 0 Å². The van der Waals surface area contributed by atoms with Gasteiger partial charge in [-0.2, -0.15) is 0 Å². The Hall–Kier alpha value is -2.08. The molecule has 0 aliphatic carbocycles. The van der Waals surface area contributed by atoms with Crippen LogP contribution in [0.25, 0.3) is 0 Å². The van der Waals surface area contributed by atoms with Gasteiger partial charge in [-0.3, -0.25) is 9.59 Å². The van der Waals surface area contributed by atoms with Gasteiger partial charge in [0.05, 0.1) is 7.11 Å². The van der Waals surface area contributed by atoms with Gasteiger partial charge in [0.25, 0.3) is 5.91 Å². The van der Waals surface area contributed by atoms with Crippen molar-refractivity contribution in [3.63, 3.8) is 0 Å². The summed E-state index contributed by atoms with van der Waals surface area (Å²) in [6.45, 7) is 4.90. The maximum absolute atomic E-state index is 12.9. The van der Waals surface area contributed by atoms with Crippen molar-refractivity contribution in [1.82, 2.24) is 9.80 Å². The van der Waals surface area contributed by atoms with Crippen LogP contribution in [0.3, 0.4) is 0 Å². The van der Waals surface area contributed by atoms with Crippen LogP contribution < -0.4 is 4.74 Å². The fourth-order valence-corrected chi connectivity index (χ4v) is 4.35. The molecule has 0 saturated carbocycles. The van der Waals surface area contributed by atoms with Crippen LogP contribution in [0, 0.1) is 12.3 Å². The first-order valence-electron chi connectivity index (χ1n) is 9.80. The third-order valence-electron chi connectivity index (χ3n) is 6.09. The minimum atomic E-state index is 0.0691. The molecule has 27 heavy (non-hydrogen) atoms. The van der Waals surface area contributed by atoms with E-state index in [9.17, 15) is 9.59 Å². The summed E-state index contributed by atoms with van der Waals surface area (Å²) in [6.07, 6.45) is 3.97. The third kappa shape index (κ3) is 4.26. The number of hydrogen-bond donors (Lipinski definition) is 1. The summed E-state index contributed by atoms with van der Waals surface area (Å²) < 4.78 is 5.27. The predicted octanol–water partition coefficient (Wildman–Crippen LogP) is 2.23. The Labute approximate surface area is 161 Å². The van der Waals surface area contributed by atoms with Crippen LogP contribution >= 0.6 is 0 Å². The highest BCUT2D eigenvalue weighted by Crippen LogP contribution is 2.40. The zero-order valence-electron chi connectivity index (χ0n) is 16.4. The number of aryl methyl sites for hydroxylation is 1. The van der Waals surface area contributed by atoms with E-state index in [1.165, 1.54) is 0 Å². The van der Waals surface area contributed by atoms with Crippen molar-refractivity contribution >= 4 is 11.8 Å². The van der Waals surface area contributed by atoms with E-state index >= 15 is 0 Å². The monoisotopic (exact) mass is 374 g/mol. The second-order valence-corrected chi connectivity index (χ2v) is 7.87. The number of carbonyl (C=O) groups excluding carboxylic acids is 2. The number of ether oxygens (including phenoxy) is 1. The molecule has 0 radical (unpaired) electrons. The lowest BCUT2D eigenvalue weighted by molar-refractivity contribution is -0.139. The van der Waals surface area contributed by atoms with Crippen LogP contribution in [0.2, 0.25) is 0 Å². The van der Waals surface area contributed by atoms with Gasteiger partial charge in [0.15, 0.2) is 0 Å². The molecular weight excluding hydrogens is 344 g/mol. The van der Waals surface area contributed by atoms with E-state index in [-0.39, 0.29) is 23.8 Å². The lowest BCUT2D eigenvalue weighted by Gasteiger charge is -2.47. The Morgan fingerprint density at radius 3 is 2.63 bits per heavy atom. The van der Waals surface area contributed by atoms with Crippen molar-refractivity contribution in [3.05, 3.63) is 29.3 Å². The Morgan fingerprint density at radius 1 is 1.26 bits per heavy atom. The summed E-state index contributed by atoms with van der Waals surface area (Å²) >= 11 is 0. The SMILES string of the molecule is COc1ccc(C(=O)N2CCC3(CCC(=O)N(CCCO)C3)CC2)cc1C. The zero-order valence-corrected chi connectivity index (χ0v) is 16.4. The van der Waals surface area contributed by atoms with Gasteiger partial charge >= 0.3 is 0 Å². The van der Waals surface area contributed by atoms with Crippen molar-refractivity contribution in [3.8, 4) is 5.75 Å². The maximum Gasteiger partial charge on any atom is 0.253 e. The predicted molar refractivity (Wildman–Crippen MR) is 103 cm³/mol. The van der Waals surface area contributed by atoms with Crippen molar-refractivity contribution in [2.75, 3.05) is 39.9 Å². The fourth-order valence-electron chi connectivity index (χ4n) is 4.35. The standard InChI is InChI=1S/C21H30N2O4/c1-16-14-17(4-5-18(16)27-2)20(26)22-11-8-21(9-12-22)7-6-19(25)23(15-21)10-3-13-24/h4-5,14,24H,3,6-13,15H2,1-2H3. The first-order valence-corrected chi connectivity index (χ1v) is 9.80. The molecule has 2 amide bonds. The van der Waals surface area contributed by atoms with Crippen LogP contribution in [0.5, 0.6) is 5.75 Å². The molecule has 1 aromatic rings. The summed E-state index contributed by atoms with van der Waals surface area (Å²) in [5.41, 5.74) is 1.78. The molecule has 3 rings (SSSR count). The second kappa shape index (κ2) is 8.30. The average Bonchev–Trinajstić information content (AvgIpc) is 2.69. The molecule has 2 aliphatic rings. The molecule has 1 spiro atoms. The summed E-state index contributed by atoms with van der Waals surface area (Å²) in [6, 6.07) is 5.57. The number of methoxy groups -OCH3 is 1. The molecule has 2 aliphatic heterocycles. The molecule has 0 atom stereocenters. The Kier molecular flexibility index (Phi) is 6.05. The summed E-state index contributed by atoms with van der Waals surface area (Å²) in [4.78, 5) is 28.8. The van der Waals surface area contributed by atoms with Gasteiger partial charge in [-0.1, -0.05) is 0 Å². The molecule has 6 nitrogen and oxygen atoms in total. The normalized spacial score (nSPS) is 19.4. The van der Waals surface area contributed by atoms with Crippen molar-refractivity contribution in [2.24, 2.45) is 5.41 Å². The van der Waals surface area contributed by atoms with Gasteiger partial charge in [-0.05, 0) is 61.8 Å². The fraction of sp³-hybridized carbons (Fsp3) is 0.619. The van der Waals surface area contributed by atoms with Gasteiger partial charge in [0.2, 0.25) is 5.91 Å². The van der Waals surface area contributed by atoms with Crippen LogP contribution in [0.1, 0.15) is 48.0 Å². The molecule has 148 valence electrons. The minimum Gasteiger partial charge on any atom is -0.496 e. The molecule has 0 aromatic heterocycles. The van der Waals surface area contributed by atoms with E-state index in [1.807, 2.05) is 34.9 Å². The van der Waals surface area contributed by atoms with E-state index in [1.54, 1.807) is 7.11 Å². The van der Waals surface area contributed by atoms with Crippen LogP contribution in [0.15, 0.2) is 18.2 Å². The second-order valence-electron chi connectivity index (χ2n) is 7.87. The third-order valence-corrected chi connectivity index (χ3v) is 6.09. The Bertz CT molecular complexity index is 695. The molecule has 2 fully saturated rings. The number of aliphatic hydroxyl groups excluding tert-OH is 1. The van der Waals surface area contributed by atoms with Crippen molar-refractivity contribution in [1.29, 1.82) is 0 Å². The number of carbonyl (C=O) groups is 2. The average molecular weight is 374 g/mol.